The number of carboxylic acids is 1. The molecule has 0 unspecified atom stereocenters. The molecule has 0 bridgehead atoms. The molecule has 1 fully saturated rings. The Kier molecular flexibility index (Phi) is 6.72. The van der Waals surface area contributed by atoms with E-state index in [1.807, 2.05) is 0 Å². The third-order valence-electron chi connectivity index (χ3n) is 4.77. The second-order valence-electron chi connectivity index (χ2n) is 6.39. The molecule has 128 valence electrons. The number of hydrogen-bond donors (Lipinski definition) is 3. The highest BCUT2D eigenvalue weighted by atomic mass is 16.5. The van der Waals surface area contributed by atoms with Gasteiger partial charge in [-0.2, -0.15) is 0 Å². The van der Waals surface area contributed by atoms with Gasteiger partial charge in [-0.05, 0) is 49.9 Å². The Hall–Kier alpha value is -1.74. The van der Waals surface area contributed by atoms with Crippen molar-refractivity contribution in [3.05, 3.63) is 0 Å². The largest absolute Gasteiger partial charge is 0.480 e. The van der Waals surface area contributed by atoms with Crippen molar-refractivity contribution in [3.63, 3.8) is 0 Å². The Morgan fingerprint density at radius 3 is 2.48 bits per heavy atom. The number of nitrogens with one attached hydrogen (secondary N) is 1. The topological polar surface area (TPSA) is 102 Å². The van der Waals surface area contributed by atoms with Crippen molar-refractivity contribution in [1.29, 1.82) is 0 Å². The number of fused-ring (bicyclic) bond motifs is 1. The Bertz CT molecular complexity index is 465. The predicted molar refractivity (Wildman–Crippen MR) is 85.5 cm³/mol. The van der Waals surface area contributed by atoms with Crippen LogP contribution in [0.3, 0.4) is 0 Å². The van der Waals surface area contributed by atoms with Crippen molar-refractivity contribution in [2.24, 2.45) is 23.5 Å². The minimum atomic E-state index is -0.986. The summed E-state index contributed by atoms with van der Waals surface area (Å²) in [7, 11) is 0. The third kappa shape index (κ3) is 5.76. The molecule has 1 amide bonds. The van der Waals surface area contributed by atoms with E-state index in [2.05, 4.69) is 17.2 Å². The molecular formula is C17H26N2O4. The lowest BCUT2D eigenvalue weighted by Gasteiger charge is -2.08. The molecule has 23 heavy (non-hydrogen) atoms. The summed E-state index contributed by atoms with van der Waals surface area (Å²) in [5.74, 6) is 7.20. The van der Waals surface area contributed by atoms with Crippen LogP contribution >= 0.6 is 0 Å². The lowest BCUT2D eigenvalue weighted by molar-refractivity contribution is -0.138. The van der Waals surface area contributed by atoms with Gasteiger partial charge in [-0.25, -0.2) is 4.79 Å². The van der Waals surface area contributed by atoms with E-state index < -0.39 is 12.0 Å². The third-order valence-corrected chi connectivity index (χ3v) is 4.77. The lowest BCUT2D eigenvalue weighted by Crippen LogP contribution is -2.30. The van der Waals surface area contributed by atoms with Gasteiger partial charge in [0, 0.05) is 19.4 Å². The van der Waals surface area contributed by atoms with E-state index in [0.29, 0.717) is 50.2 Å². The van der Waals surface area contributed by atoms with E-state index in [1.165, 1.54) is 0 Å². The maximum atomic E-state index is 11.6. The smallest absolute Gasteiger partial charge is 0.407 e. The summed E-state index contributed by atoms with van der Waals surface area (Å²) in [5.41, 5.74) is 5.41. The van der Waals surface area contributed by atoms with Crippen molar-refractivity contribution in [2.75, 3.05) is 13.2 Å². The van der Waals surface area contributed by atoms with Crippen LogP contribution in [-0.2, 0) is 9.53 Å². The van der Waals surface area contributed by atoms with Gasteiger partial charge in [0.15, 0.2) is 0 Å². The molecule has 2 rings (SSSR count). The molecule has 0 saturated heterocycles. The first kappa shape index (κ1) is 17.6. The van der Waals surface area contributed by atoms with E-state index >= 15 is 0 Å². The second kappa shape index (κ2) is 8.78. The van der Waals surface area contributed by atoms with Gasteiger partial charge >= 0.3 is 12.1 Å². The van der Waals surface area contributed by atoms with Gasteiger partial charge in [-0.1, -0.05) is 0 Å². The van der Waals surface area contributed by atoms with Gasteiger partial charge < -0.3 is 20.9 Å². The number of alkyl carbamates (subject to hydrolysis) is 1. The molecule has 6 nitrogen and oxygen atoms in total. The van der Waals surface area contributed by atoms with Gasteiger partial charge in [0.2, 0.25) is 0 Å². The summed E-state index contributed by atoms with van der Waals surface area (Å²) in [6, 6.07) is -0.822. The zero-order chi connectivity index (χ0) is 16.7. The number of carbonyl (C=O) groups is 2. The average Bonchev–Trinajstić information content (AvgIpc) is 3.14. The molecule has 0 aliphatic heterocycles. The van der Waals surface area contributed by atoms with Crippen LogP contribution in [0, 0.1) is 29.6 Å². The molecule has 0 aromatic heterocycles. The van der Waals surface area contributed by atoms with Crippen molar-refractivity contribution in [3.8, 4) is 11.8 Å². The molecule has 1 saturated carbocycles. The molecule has 0 spiro atoms. The van der Waals surface area contributed by atoms with Crippen LogP contribution in [0.15, 0.2) is 0 Å². The Labute approximate surface area is 137 Å². The molecule has 6 heteroatoms. The highest BCUT2D eigenvalue weighted by Gasteiger charge is 2.49. The van der Waals surface area contributed by atoms with Crippen molar-refractivity contribution in [1.82, 2.24) is 5.32 Å². The second-order valence-corrected chi connectivity index (χ2v) is 6.39. The normalized spacial score (nSPS) is 26.6. The Morgan fingerprint density at radius 1 is 1.22 bits per heavy atom. The number of hydrogen-bond acceptors (Lipinski definition) is 4. The summed E-state index contributed by atoms with van der Waals surface area (Å²) in [5, 5.41) is 11.4. The predicted octanol–water partition coefficient (Wildman–Crippen LogP) is 1.73. The minimum Gasteiger partial charge on any atom is -0.480 e. The molecule has 0 aromatic carbocycles. The molecular weight excluding hydrogens is 296 g/mol. The van der Waals surface area contributed by atoms with Crippen molar-refractivity contribution >= 4 is 12.1 Å². The summed E-state index contributed by atoms with van der Waals surface area (Å²) in [6.07, 6.45) is 5.56. The first-order valence-corrected chi connectivity index (χ1v) is 8.44. The van der Waals surface area contributed by atoms with Crippen LogP contribution in [0.25, 0.3) is 0 Å². The maximum absolute atomic E-state index is 11.6. The van der Waals surface area contributed by atoms with E-state index in [4.69, 9.17) is 15.6 Å². The number of carbonyl (C=O) groups excluding carboxylic acids is 1. The van der Waals surface area contributed by atoms with Crippen LogP contribution in [0.5, 0.6) is 0 Å². The van der Waals surface area contributed by atoms with Gasteiger partial charge in [0.25, 0.3) is 0 Å². The zero-order valence-electron chi connectivity index (χ0n) is 13.4. The summed E-state index contributed by atoms with van der Waals surface area (Å²) in [6.45, 7) is 0.974. The van der Waals surface area contributed by atoms with E-state index in [9.17, 15) is 9.59 Å². The van der Waals surface area contributed by atoms with Crippen molar-refractivity contribution in [2.45, 2.75) is 51.0 Å². The summed E-state index contributed by atoms with van der Waals surface area (Å²) < 4.78 is 5.30. The maximum Gasteiger partial charge on any atom is 0.407 e. The molecule has 2 aliphatic rings. The Morgan fingerprint density at radius 2 is 1.87 bits per heavy atom. The highest BCUT2D eigenvalue weighted by Crippen LogP contribution is 2.52. The summed E-state index contributed by atoms with van der Waals surface area (Å²) >= 11 is 0. The van der Waals surface area contributed by atoms with E-state index in [0.717, 1.165) is 25.7 Å². The number of amides is 1. The number of nitrogens with two attached hydrogens (primary N) is 1. The molecule has 4 N–H and O–H groups in total. The number of ether oxygens (including phenoxy) is 1. The monoisotopic (exact) mass is 322 g/mol. The fourth-order valence-corrected chi connectivity index (χ4v) is 3.31. The first-order chi connectivity index (χ1) is 11.1. The number of rotatable bonds is 8. The standard InChI is InChI=1S/C17H26N2O4/c18-15(16(20)21)9-5-6-10-19-17(22)23-11-14-12-7-3-1-2-4-8-13(12)14/h12-15H,3-11,18H2,(H,19,22)(H,20,21)/t12-,13+,14-,15-/m0/s1. The number of unbranched alkanes of at least 4 members (excludes halogenated alkanes) is 1. The van der Waals surface area contributed by atoms with Gasteiger partial charge in [-0.3, -0.25) is 4.79 Å². The van der Waals surface area contributed by atoms with Crippen LogP contribution in [0.4, 0.5) is 4.79 Å². The average molecular weight is 322 g/mol. The molecule has 0 radical (unpaired) electrons. The van der Waals surface area contributed by atoms with Crippen molar-refractivity contribution < 1.29 is 19.4 Å². The molecule has 0 aromatic rings. The fraction of sp³-hybridized carbons (Fsp3) is 0.765. The highest BCUT2D eigenvalue weighted by molar-refractivity contribution is 5.72. The molecule has 0 heterocycles. The Balaban J connectivity index is 1.50. The zero-order valence-corrected chi connectivity index (χ0v) is 13.4. The van der Waals surface area contributed by atoms with Gasteiger partial charge in [-0.15, -0.1) is 11.8 Å². The molecule has 4 atom stereocenters. The first-order valence-electron chi connectivity index (χ1n) is 8.44. The summed E-state index contributed by atoms with van der Waals surface area (Å²) in [4.78, 5) is 22.2. The lowest BCUT2D eigenvalue weighted by atomic mass is 10.1. The fourth-order valence-electron chi connectivity index (χ4n) is 3.31. The van der Waals surface area contributed by atoms with Crippen LogP contribution in [0.1, 0.15) is 44.9 Å². The van der Waals surface area contributed by atoms with E-state index in [1.54, 1.807) is 0 Å². The van der Waals surface area contributed by atoms with Crippen LogP contribution in [0.2, 0.25) is 0 Å². The number of carboxylic acid groups (broad SMARTS) is 1. The SMILES string of the molecule is N[C@@H](CCCCNC(=O)OC[C@@H]1[C@@H]2CCC#CCC[C@@H]21)C(=O)O. The number of aliphatic carboxylic acids is 1. The quantitative estimate of drug-likeness (QED) is 0.467. The van der Waals surface area contributed by atoms with Crippen LogP contribution in [-0.4, -0.2) is 36.4 Å². The van der Waals surface area contributed by atoms with Gasteiger partial charge in [0.1, 0.15) is 6.04 Å². The van der Waals surface area contributed by atoms with E-state index in [-0.39, 0.29) is 6.09 Å². The van der Waals surface area contributed by atoms with Crippen LogP contribution < -0.4 is 11.1 Å². The molecule has 2 aliphatic carbocycles. The minimum absolute atomic E-state index is 0.386. The van der Waals surface area contributed by atoms with Gasteiger partial charge in [0.05, 0.1) is 6.61 Å².